The third-order valence-corrected chi connectivity index (χ3v) is 6.80. The van der Waals surface area contributed by atoms with Gasteiger partial charge < -0.3 is 25.1 Å². The minimum atomic E-state index is -0.586. The van der Waals surface area contributed by atoms with Gasteiger partial charge in [-0.1, -0.05) is 12.1 Å². The monoisotopic (exact) mass is 485 g/mol. The van der Waals surface area contributed by atoms with Crippen LogP contribution in [0.2, 0.25) is 0 Å². The number of aromatic nitrogens is 1. The normalized spacial score (nSPS) is 14.9. The molecule has 0 unspecified atom stereocenters. The molecule has 0 saturated heterocycles. The minimum Gasteiger partial charge on any atom is -0.495 e. The van der Waals surface area contributed by atoms with Crippen molar-refractivity contribution in [2.24, 2.45) is 5.73 Å². The van der Waals surface area contributed by atoms with Crippen molar-refractivity contribution >= 4 is 35.3 Å². The van der Waals surface area contributed by atoms with E-state index < -0.39 is 11.7 Å². The van der Waals surface area contributed by atoms with Crippen molar-refractivity contribution in [1.29, 1.82) is 0 Å². The lowest BCUT2D eigenvalue weighted by Gasteiger charge is -2.41. The molecular formula is C26H29ClFN3O3. The number of aromatic amines is 1. The molecule has 2 aromatic carbocycles. The summed E-state index contributed by atoms with van der Waals surface area (Å²) in [6.45, 7) is 1.14. The number of H-pyrrole nitrogens is 1. The van der Waals surface area contributed by atoms with Crippen LogP contribution in [0.1, 0.15) is 47.2 Å². The summed E-state index contributed by atoms with van der Waals surface area (Å²) in [5, 5.41) is 1.18. The Morgan fingerprint density at radius 2 is 2.12 bits per heavy atom. The van der Waals surface area contributed by atoms with Crippen molar-refractivity contribution in [2.45, 2.75) is 38.1 Å². The van der Waals surface area contributed by atoms with E-state index in [2.05, 4.69) is 22.1 Å². The van der Waals surface area contributed by atoms with Crippen LogP contribution in [0.15, 0.2) is 42.2 Å². The van der Waals surface area contributed by atoms with E-state index in [0.717, 1.165) is 49.2 Å². The first-order valence-electron chi connectivity index (χ1n) is 11.4. The summed E-state index contributed by atoms with van der Waals surface area (Å²) < 4.78 is 25.5. The van der Waals surface area contributed by atoms with Crippen LogP contribution < -0.4 is 15.2 Å². The van der Waals surface area contributed by atoms with Crippen molar-refractivity contribution in [2.75, 3.05) is 20.3 Å². The number of para-hydroxylation sites is 1. The molecule has 1 saturated carbocycles. The van der Waals surface area contributed by atoms with Crippen molar-refractivity contribution in [1.82, 2.24) is 9.88 Å². The Morgan fingerprint density at radius 1 is 1.29 bits per heavy atom. The summed E-state index contributed by atoms with van der Waals surface area (Å²) in [6, 6.07) is 9.18. The number of methoxy groups -OCH3 is 1. The number of primary amides is 1. The predicted octanol–water partition coefficient (Wildman–Crippen LogP) is 5.06. The molecule has 0 radical (unpaired) electrons. The Kier molecular flexibility index (Phi) is 7.03. The Hall–Kier alpha value is -3.19. The van der Waals surface area contributed by atoms with Gasteiger partial charge in [0, 0.05) is 29.7 Å². The summed E-state index contributed by atoms with van der Waals surface area (Å²) in [5.74, 6) is -0.112. The molecular weight excluding hydrogens is 457 g/mol. The molecule has 0 spiro atoms. The average Bonchev–Trinajstić information content (AvgIpc) is 3.20. The molecule has 2 heterocycles. The minimum absolute atomic E-state index is 0. The van der Waals surface area contributed by atoms with E-state index in [-0.39, 0.29) is 30.3 Å². The molecule has 1 fully saturated rings. The van der Waals surface area contributed by atoms with Gasteiger partial charge in [0.1, 0.15) is 12.4 Å². The van der Waals surface area contributed by atoms with Crippen molar-refractivity contribution in [3.05, 3.63) is 64.7 Å². The van der Waals surface area contributed by atoms with Gasteiger partial charge in [0.2, 0.25) is 5.91 Å². The Bertz CT molecular complexity index is 1240. The highest BCUT2D eigenvalue weighted by atomic mass is 35.5. The molecule has 0 bridgehead atoms. The summed E-state index contributed by atoms with van der Waals surface area (Å²) in [6.07, 6.45) is 9.27. The number of halogens is 2. The number of aryl methyl sites for hydroxylation is 1. The molecule has 180 valence electrons. The molecule has 3 N–H and O–H groups in total. The van der Waals surface area contributed by atoms with E-state index in [9.17, 15) is 9.18 Å². The zero-order chi connectivity index (χ0) is 22.9. The van der Waals surface area contributed by atoms with Crippen molar-refractivity contribution in [3.63, 3.8) is 0 Å². The second kappa shape index (κ2) is 9.97. The lowest BCUT2D eigenvalue weighted by atomic mass is 9.90. The van der Waals surface area contributed by atoms with Gasteiger partial charge in [-0.15, -0.1) is 12.4 Å². The fraction of sp³-hybridized carbons (Fsp3) is 0.346. The van der Waals surface area contributed by atoms with Gasteiger partial charge in [-0.3, -0.25) is 4.79 Å². The fourth-order valence-corrected chi connectivity index (χ4v) is 4.86. The standard InChI is InChI=1S/C26H28FN3O3.ClH/c1-32-23-9-3-8-19-16(14-29-24(19)23)5-4-12-30(17-6-2-7-17)18-13-21-20(26(28)31)10-11-22(27)25(21)33-15-18;/h3,8-11,13-14,17,29H,2,4-7,12,15H2,1H3,(H2,28,31);1H. The van der Waals surface area contributed by atoms with Gasteiger partial charge in [-0.25, -0.2) is 4.39 Å². The summed E-state index contributed by atoms with van der Waals surface area (Å²) in [4.78, 5) is 17.6. The highest BCUT2D eigenvalue weighted by molar-refractivity contribution is 5.98. The molecule has 1 amide bonds. The molecule has 0 atom stereocenters. The van der Waals surface area contributed by atoms with E-state index in [1.807, 2.05) is 18.2 Å². The fourth-order valence-electron chi connectivity index (χ4n) is 4.86. The average molecular weight is 486 g/mol. The zero-order valence-electron chi connectivity index (χ0n) is 19.1. The molecule has 2 aliphatic rings. The number of fused-ring (bicyclic) bond motifs is 2. The first-order valence-corrected chi connectivity index (χ1v) is 11.4. The number of ether oxygens (including phenoxy) is 2. The number of hydrogen-bond donors (Lipinski definition) is 2. The van der Waals surface area contributed by atoms with Crippen molar-refractivity contribution in [3.8, 4) is 11.5 Å². The number of carbonyl (C=O) groups is 1. The largest absolute Gasteiger partial charge is 0.495 e. The molecule has 6 nitrogen and oxygen atoms in total. The van der Waals surface area contributed by atoms with Gasteiger partial charge in [0.25, 0.3) is 0 Å². The van der Waals surface area contributed by atoms with Gasteiger partial charge in [0.15, 0.2) is 11.6 Å². The Labute approximate surface area is 204 Å². The van der Waals surface area contributed by atoms with Gasteiger partial charge >= 0.3 is 0 Å². The first-order chi connectivity index (χ1) is 16.1. The molecule has 5 rings (SSSR count). The van der Waals surface area contributed by atoms with Gasteiger partial charge in [-0.2, -0.15) is 0 Å². The maximum atomic E-state index is 14.3. The molecule has 8 heteroatoms. The Morgan fingerprint density at radius 3 is 2.82 bits per heavy atom. The first kappa shape index (κ1) is 24.0. The summed E-state index contributed by atoms with van der Waals surface area (Å²) in [7, 11) is 1.68. The molecule has 1 aliphatic heterocycles. The number of nitrogens with one attached hydrogen (secondary N) is 1. The highest BCUT2D eigenvalue weighted by Gasteiger charge is 2.30. The number of nitrogens with two attached hydrogens (primary N) is 1. The van der Waals surface area contributed by atoms with E-state index in [0.29, 0.717) is 11.6 Å². The topological polar surface area (TPSA) is 80.6 Å². The molecule has 3 aromatic rings. The second-order valence-electron chi connectivity index (χ2n) is 8.70. The second-order valence-corrected chi connectivity index (χ2v) is 8.70. The quantitative estimate of drug-likeness (QED) is 0.467. The maximum absolute atomic E-state index is 14.3. The number of carbonyl (C=O) groups excluding carboxylic acids is 1. The lowest BCUT2D eigenvalue weighted by molar-refractivity contribution is 0.0999. The molecule has 1 aromatic heterocycles. The van der Waals surface area contributed by atoms with Gasteiger partial charge in [-0.05, 0) is 61.9 Å². The number of rotatable bonds is 8. The smallest absolute Gasteiger partial charge is 0.249 e. The number of nitrogens with zero attached hydrogens (tertiary/aromatic N) is 1. The van der Waals surface area contributed by atoms with Crippen LogP contribution in [0.4, 0.5) is 4.39 Å². The molecule has 1 aliphatic carbocycles. The van der Waals surface area contributed by atoms with E-state index in [4.69, 9.17) is 15.2 Å². The SMILES string of the molecule is COc1cccc2c(CCCN(C3=Cc4c(C(N)=O)ccc(F)c4OC3)C3CCC3)c[nH]c12.Cl. The van der Waals surface area contributed by atoms with Crippen LogP contribution in [-0.4, -0.2) is 42.1 Å². The summed E-state index contributed by atoms with van der Waals surface area (Å²) >= 11 is 0. The van der Waals surface area contributed by atoms with E-state index in [1.165, 1.54) is 29.5 Å². The van der Waals surface area contributed by atoms with E-state index >= 15 is 0 Å². The van der Waals surface area contributed by atoms with Crippen LogP contribution in [0.3, 0.4) is 0 Å². The molecule has 34 heavy (non-hydrogen) atoms. The van der Waals surface area contributed by atoms with Crippen LogP contribution >= 0.6 is 12.4 Å². The van der Waals surface area contributed by atoms with Crippen LogP contribution in [0, 0.1) is 5.82 Å². The number of amides is 1. The van der Waals surface area contributed by atoms with Crippen LogP contribution in [-0.2, 0) is 6.42 Å². The maximum Gasteiger partial charge on any atom is 0.249 e. The van der Waals surface area contributed by atoms with E-state index in [1.54, 1.807) is 7.11 Å². The predicted molar refractivity (Wildman–Crippen MR) is 133 cm³/mol. The van der Waals surface area contributed by atoms with Crippen molar-refractivity contribution < 1.29 is 18.7 Å². The summed E-state index contributed by atoms with van der Waals surface area (Å²) in [5.41, 5.74) is 9.51. The number of benzene rings is 2. The zero-order valence-corrected chi connectivity index (χ0v) is 19.9. The van der Waals surface area contributed by atoms with Gasteiger partial charge in [0.05, 0.1) is 23.9 Å². The number of hydrogen-bond acceptors (Lipinski definition) is 4. The third-order valence-electron chi connectivity index (χ3n) is 6.80. The lowest BCUT2D eigenvalue weighted by Crippen LogP contribution is -2.42. The van der Waals surface area contributed by atoms with Crippen LogP contribution in [0.5, 0.6) is 11.5 Å². The third kappa shape index (κ3) is 4.32. The highest BCUT2D eigenvalue weighted by Crippen LogP contribution is 2.36. The Balaban J connectivity index is 0.00000274. The van der Waals surface area contributed by atoms with Crippen LogP contribution in [0.25, 0.3) is 17.0 Å².